The summed E-state index contributed by atoms with van der Waals surface area (Å²) >= 11 is 0. The Labute approximate surface area is 576 Å². The molecule has 0 radical (unpaired) electrons. The maximum Gasteiger partial charge on any atom is 0.408 e. The number of hydrogen-bond acceptors (Lipinski definition) is 16. The maximum absolute atomic E-state index is 14.9. The third kappa shape index (κ3) is 26.5. The molecule has 2 amide bonds. The van der Waals surface area contributed by atoms with Crippen molar-refractivity contribution in [2.24, 2.45) is 11.8 Å². The molecule has 0 saturated carbocycles. The molecule has 0 heterocycles. The van der Waals surface area contributed by atoms with Gasteiger partial charge in [-0.05, 0) is 128 Å². The number of ketones is 6. The SMILES string of the molecule is CNCCCC[C@H](CC(=O)[C@H](Cc1ccccc1)NC(=O)OCc1ccccc1)C(=O)COc1c(F)c(F)c(C(=O)CCCNC)c(F)c1F.CNCCCC[C@H](CC(=O)[C@H](Cc1ccccc1)NC(=O)OCc1ccccc1)C(=O)COc1c(F)c(F)c(C(=O)CCCNC)c(F)c1F. The van der Waals surface area contributed by atoms with Crippen molar-refractivity contribution in [3.05, 3.63) is 201 Å². The first-order valence-corrected chi connectivity index (χ1v) is 32.9. The van der Waals surface area contributed by atoms with Crippen molar-refractivity contribution in [1.29, 1.82) is 0 Å². The van der Waals surface area contributed by atoms with Crippen molar-refractivity contribution >= 4 is 46.9 Å². The van der Waals surface area contributed by atoms with E-state index in [2.05, 4.69) is 31.9 Å². The van der Waals surface area contributed by atoms with Crippen molar-refractivity contribution in [2.75, 3.05) is 67.6 Å². The zero-order valence-corrected chi connectivity index (χ0v) is 56.3. The quantitative estimate of drug-likeness (QED) is 0.00901. The molecule has 100 heavy (non-hydrogen) atoms. The third-order valence-electron chi connectivity index (χ3n) is 16.0. The van der Waals surface area contributed by atoms with Crippen LogP contribution in [0.2, 0.25) is 0 Å². The molecule has 26 heteroatoms. The van der Waals surface area contributed by atoms with Gasteiger partial charge in [0.2, 0.25) is 23.3 Å². The molecule has 0 unspecified atom stereocenters. The predicted molar refractivity (Wildman–Crippen MR) is 358 cm³/mol. The van der Waals surface area contributed by atoms with Crippen LogP contribution in [0.3, 0.4) is 0 Å². The highest BCUT2D eigenvalue weighted by molar-refractivity contribution is 5.98. The van der Waals surface area contributed by atoms with Gasteiger partial charge in [0, 0.05) is 37.5 Å². The summed E-state index contributed by atoms with van der Waals surface area (Å²) in [6.45, 7) is -0.195. The highest BCUT2D eigenvalue weighted by Crippen LogP contribution is 2.34. The van der Waals surface area contributed by atoms with Crippen LogP contribution in [-0.4, -0.2) is 127 Å². The number of carbonyl (C=O) groups is 8. The molecule has 6 aromatic rings. The van der Waals surface area contributed by atoms with E-state index in [4.69, 9.17) is 18.9 Å². The van der Waals surface area contributed by atoms with Crippen molar-refractivity contribution < 1.29 is 92.4 Å². The topological polar surface area (TPSA) is 246 Å². The van der Waals surface area contributed by atoms with E-state index >= 15 is 0 Å². The van der Waals surface area contributed by atoms with Crippen LogP contribution in [0.15, 0.2) is 121 Å². The molecule has 0 aliphatic heterocycles. The number of amides is 2. The molecule has 18 nitrogen and oxygen atoms in total. The highest BCUT2D eigenvalue weighted by atomic mass is 19.2. The number of ether oxygens (including phenoxy) is 4. The third-order valence-corrected chi connectivity index (χ3v) is 16.0. The van der Waals surface area contributed by atoms with Crippen LogP contribution in [0.1, 0.15) is 120 Å². The summed E-state index contributed by atoms with van der Waals surface area (Å²) < 4.78 is 139. The number of benzene rings is 6. The van der Waals surface area contributed by atoms with Crippen LogP contribution in [0, 0.1) is 58.4 Å². The van der Waals surface area contributed by atoms with Gasteiger partial charge in [0.15, 0.2) is 69.5 Å². The fourth-order valence-electron chi connectivity index (χ4n) is 10.5. The predicted octanol–water partition coefficient (Wildman–Crippen LogP) is 11.8. The van der Waals surface area contributed by atoms with Gasteiger partial charge in [0.05, 0.1) is 23.2 Å². The van der Waals surface area contributed by atoms with Crippen LogP contribution < -0.4 is 41.4 Å². The Morgan fingerprint density at radius 1 is 0.360 bits per heavy atom. The van der Waals surface area contributed by atoms with Crippen LogP contribution in [0.5, 0.6) is 11.5 Å². The largest absolute Gasteiger partial charge is 0.480 e. The standard InChI is InChI=1S/2C37H43F4N3O6/c2*1-42-18-10-9-16-26(30(47)23-49-36-34(40)32(38)31(33(39)35(36)41)28(45)17-11-19-43-2)21-29(46)27(20-24-12-5-3-6-13-24)44-37(48)50-22-25-14-7-4-8-15-25/h2*3-8,12-15,26-27,42-43H,9-11,16-23H2,1-2H3,(H,44,48)/t2*26-,27+/m11/s1. The number of nitrogens with one attached hydrogen (secondary N) is 6. The Balaban J connectivity index is 0.000000361. The summed E-state index contributed by atoms with van der Waals surface area (Å²) in [6, 6.07) is 33.4. The van der Waals surface area contributed by atoms with Gasteiger partial charge in [0.1, 0.15) is 26.4 Å². The first kappa shape index (κ1) is 81.4. The van der Waals surface area contributed by atoms with E-state index < -0.39 is 153 Å². The minimum absolute atomic E-state index is 0.0391. The zero-order valence-electron chi connectivity index (χ0n) is 56.3. The van der Waals surface area contributed by atoms with E-state index in [0.29, 0.717) is 51.9 Å². The van der Waals surface area contributed by atoms with E-state index in [1.165, 1.54) is 0 Å². The lowest BCUT2D eigenvalue weighted by atomic mass is 9.88. The van der Waals surface area contributed by atoms with Crippen LogP contribution in [0.4, 0.5) is 44.7 Å². The van der Waals surface area contributed by atoms with E-state index in [9.17, 15) is 73.5 Å². The summed E-state index contributed by atoms with van der Waals surface area (Å²) in [5.74, 6) is -25.2. The van der Waals surface area contributed by atoms with Gasteiger partial charge in [-0.1, -0.05) is 134 Å². The smallest absolute Gasteiger partial charge is 0.408 e. The molecule has 0 fully saturated rings. The van der Waals surface area contributed by atoms with Gasteiger partial charge in [0.25, 0.3) is 0 Å². The Morgan fingerprint density at radius 2 is 0.650 bits per heavy atom. The Bertz CT molecular complexity index is 3330. The van der Waals surface area contributed by atoms with E-state index in [1.54, 1.807) is 137 Å². The summed E-state index contributed by atoms with van der Waals surface area (Å²) in [7, 11) is 6.70. The van der Waals surface area contributed by atoms with E-state index in [0.717, 1.165) is 22.3 Å². The number of rotatable bonds is 44. The summed E-state index contributed by atoms with van der Waals surface area (Å²) in [6.07, 6.45) is -0.0219. The molecular formula is C74H86F8N6O12. The molecule has 0 aliphatic rings. The van der Waals surface area contributed by atoms with Crippen molar-refractivity contribution in [2.45, 2.75) is 115 Å². The van der Waals surface area contributed by atoms with E-state index in [-0.39, 0.29) is 77.4 Å². The summed E-state index contributed by atoms with van der Waals surface area (Å²) in [5, 5.41) is 16.6. The summed E-state index contributed by atoms with van der Waals surface area (Å²) in [4.78, 5) is 104. The number of Topliss-reactive ketones (excluding diaryl/α,β-unsaturated/α-hetero) is 6. The second-order valence-electron chi connectivity index (χ2n) is 23.5. The summed E-state index contributed by atoms with van der Waals surface area (Å²) in [5.41, 5.74) is 0.212. The number of hydrogen-bond donors (Lipinski definition) is 6. The van der Waals surface area contributed by atoms with Gasteiger partial charge in [-0.25, -0.2) is 27.2 Å². The molecule has 6 aromatic carbocycles. The Hall–Kier alpha value is -9.24. The average Bonchev–Trinajstić information content (AvgIpc) is 0.790. The number of unbranched alkanes of at least 4 members (excludes halogenated alkanes) is 2. The molecule has 0 spiro atoms. The van der Waals surface area contributed by atoms with Crippen molar-refractivity contribution in [1.82, 2.24) is 31.9 Å². The van der Waals surface area contributed by atoms with Gasteiger partial charge in [-0.2, -0.15) is 17.6 Å². The molecule has 6 N–H and O–H groups in total. The fourth-order valence-corrected chi connectivity index (χ4v) is 10.5. The zero-order chi connectivity index (χ0) is 72.9. The number of carbonyl (C=O) groups excluding carboxylic acids is 8. The number of alkyl carbamates (subject to hydrolysis) is 2. The second kappa shape index (κ2) is 44.0. The molecular weight excluding hydrogens is 1320 g/mol. The minimum atomic E-state index is -1.95. The molecule has 0 aromatic heterocycles. The van der Waals surface area contributed by atoms with E-state index in [1.807, 2.05) is 12.1 Å². The highest BCUT2D eigenvalue weighted by Gasteiger charge is 2.35. The second-order valence-corrected chi connectivity index (χ2v) is 23.5. The molecule has 0 aliphatic carbocycles. The lowest BCUT2D eigenvalue weighted by molar-refractivity contribution is -0.130. The van der Waals surface area contributed by atoms with Gasteiger partial charge in [-0.3, -0.25) is 28.8 Å². The number of halogens is 8. The average molecular weight is 1400 g/mol. The minimum Gasteiger partial charge on any atom is -0.480 e. The van der Waals surface area contributed by atoms with Crippen molar-refractivity contribution in [3.63, 3.8) is 0 Å². The van der Waals surface area contributed by atoms with Gasteiger partial charge < -0.3 is 50.8 Å². The van der Waals surface area contributed by atoms with Crippen LogP contribution in [-0.2, 0) is 54.7 Å². The van der Waals surface area contributed by atoms with Gasteiger partial charge in [-0.15, -0.1) is 0 Å². The van der Waals surface area contributed by atoms with Gasteiger partial charge >= 0.3 is 12.2 Å². The first-order chi connectivity index (χ1) is 48.1. The fraction of sp³-hybridized carbons (Fsp3) is 0.405. The monoisotopic (exact) mass is 1400 g/mol. The lowest BCUT2D eigenvalue weighted by Crippen LogP contribution is -2.44. The maximum atomic E-state index is 14.9. The molecule has 6 rings (SSSR count). The molecule has 4 atom stereocenters. The first-order valence-electron chi connectivity index (χ1n) is 32.9. The lowest BCUT2D eigenvalue weighted by Gasteiger charge is -2.21. The normalized spacial score (nSPS) is 12.2. The van der Waals surface area contributed by atoms with Crippen molar-refractivity contribution in [3.8, 4) is 11.5 Å². The van der Waals surface area contributed by atoms with Crippen LogP contribution >= 0.6 is 0 Å². The van der Waals surface area contributed by atoms with Crippen LogP contribution in [0.25, 0.3) is 0 Å². The molecule has 540 valence electrons. The Morgan fingerprint density at radius 3 is 0.950 bits per heavy atom. The molecule has 0 bridgehead atoms. The Kier molecular flexibility index (Phi) is 35.8. The molecule has 0 saturated heterocycles.